The zero-order valence-electron chi connectivity index (χ0n) is 19.1. The molecule has 1 N–H and O–H groups in total. The summed E-state index contributed by atoms with van der Waals surface area (Å²) >= 11 is 0. The molecule has 2 amide bonds. The lowest BCUT2D eigenvalue weighted by Crippen LogP contribution is -2.50. The van der Waals surface area contributed by atoms with Gasteiger partial charge in [-0.2, -0.15) is 0 Å². The number of carbonyl (C=O) groups is 1. The number of non-ortho nitro benzene ring substituents is 1. The van der Waals surface area contributed by atoms with Crippen molar-refractivity contribution in [2.24, 2.45) is 0 Å². The summed E-state index contributed by atoms with van der Waals surface area (Å²) in [6.45, 7) is 7.06. The van der Waals surface area contributed by atoms with Gasteiger partial charge in [-0.25, -0.2) is 14.8 Å². The molecule has 1 fully saturated rings. The van der Waals surface area contributed by atoms with Gasteiger partial charge in [0, 0.05) is 55.5 Å². The van der Waals surface area contributed by atoms with Gasteiger partial charge < -0.3 is 24.6 Å². The first kappa shape index (κ1) is 23.0. The molecule has 0 spiro atoms. The Kier molecular flexibility index (Phi) is 6.90. The number of carbonyl (C=O) groups excluding carboxylic acids is 1. The predicted octanol–water partition coefficient (Wildman–Crippen LogP) is 3.69. The average molecular weight is 466 g/mol. The van der Waals surface area contributed by atoms with Crippen molar-refractivity contribution in [1.29, 1.82) is 0 Å². The van der Waals surface area contributed by atoms with E-state index < -0.39 is 4.92 Å². The summed E-state index contributed by atoms with van der Waals surface area (Å²) in [6.07, 6.45) is 1.53. The van der Waals surface area contributed by atoms with Crippen molar-refractivity contribution >= 4 is 34.1 Å². The van der Waals surface area contributed by atoms with Gasteiger partial charge in [-0.3, -0.25) is 10.1 Å². The van der Waals surface area contributed by atoms with Crippen LogP contribution < -0.4 is 19.7 Å². The van der Waals surface area contributed by atoms with Gasteiger partial charge in [-0.1, -0.05) is 0 Å². The summed E-state index contributed by atoms with van der Waals surface area (Å²) in [7, 11) is 0. The van der Waals surface area contributed by atoms with Crippen molar-refractivity contribution < 1.29 is 19.2 Å². The molecule has 1 aromatic heterocycles. The number of aromatic nitrogens is 2. The van der Waals surface area contributed by atoms with Gasteiger partial charge >= 0.3 is 6.03 Å². The first-order valence-corrected chi connectivity index (χ1v) is 11.1. The van der Waals surface area contributed by atoms with E-state index in [1.54, 1.807) is 4.90 Å². The largest absolute Gasteiger partial charge is 0.490 e. The maximum Gasteiger partial charge on any atom is 0.321 e. The highest BCUT2D eigenvalue weighted by atomic mass is 16.6. The van der Waals surface area contributed by atoms with Crippen molar-refractivity contribution in [3.8, 4) is 11.5 Å². The molecule has 1 saturated heterocycles. The molecule has 0 atom stereocenters. The van der Waals surface area contributed by atoms with Gasteiger partial charge in [-0.05, 0) is 32.0 Å². The highest BCUT2D eigenvalue weighted by molar-refractivity contribution is 5.92. The zero-order valence-corrected chi connectivity index (χ0v) is 19.1. The van der Waals surface area contributed by atoms with Crippen molar-refractivity contribution in [2.45, 2.75) is 13.8 Å². The Labute approximate surface area is 196 Å². The summed E-state index contributed by atoms with van der Waals surface area (Å²) in [5.74, 6) is 2.08. The number of urea groups is 1. The summed E-state index contributed by atoms with van der Waals surface area (Å²) in [5, 5.41) is 14.4. The van der Waals surface area contributed by atoms with Crippen LogP contribution in [0.4, 0.5) is 22.0 Å². The van der Waals surface area contributed by atoms with E-state index in [-0.39, 0.29) is 11.7 Å². The number of hydrogen-bond acceptors (Lipinski definition) is 8. The smallest absolute Gasteiger partial charge is 0.321 e. The number of benzene rings is 2. The number of nitro benzene ring substituents is 1. The van der Waals surface area contributed by atoms with Gasteiger partial charge in [0.15, 0.2) is 11.5 Å². The molecule has 4 rings (SSSR count). The third-order valence-electron chi connectivity index (χ3n) is 5.48. The molecule has 0 saturated carbocycles. The fourth-order valence-corrected chi connectivity index (χ4v) is 3.83. The number of ether oxygens (including phenoxy) is 2. The van der Waals surface area contributed by atoms with Crippen LogP contribution in [0.15, 0.2) is 42.7 Å². The third-order valence-corrected chi connectivity index (χ3v) is 5.48. The van der Waals surface area contributed by atoms with Crippen molar-refractivity contribution in [1.82, 2.24) is 14.9 Å². The number of amides is 2. The lowest BCUT2D eigenvalue weighted by molar-refractivity contribution is -0.384. The van der Waals surface area contributed by atoms with Crippen molar-refractivity contribution in [3.05, 3.63) is 52.8 Å². The summed E-state index contributed by atoms with van der Waals surface area (Å²) < 4.78 is 11.5. The summed E-state index contributed by atoms with van der Waals surface area (Å²) in [4.78, 5) is 35.7. The predicted molar refractivity (Wildman–Crippen MR) is 128 cm³/mol. The number of piperazine rings is 1. The molecule has 3 aromatic rings. The van der Waals surface area contributed by atoms with Crippen LogP contribution in [0.25, 0.3) is 10.9 Å². The second kappa shape index (κ2) is 10.2. The molecule has 0 radical (unpaired) electrons. The van der Waals surface area contributed by atoms with Crippen LogP contribution in [0.1, 0.15) is 13.8 Å². The van der Waals surface area contributed by atoms with Crippen LogP contribution in [0.3, 0.4) is 0 Å². The van der Waals surface area contributed by atoms with E-state index in [9.17, 15) is 14.9 Å². The van der Waals surface area contributed by atoms with Crippen LogP contribution >= 0.6 is 0 Å². The highest BCUT2D eigenvalue weighted by Crippen LogP contribution is 2.35. The van der Waals surface area contributed by atoms with Crippen molar-refractivity contribution in [2.75, 3.05) is 49.6 Å². The molecule has 1 aliphatic rings. The molecule has 0 aliphatic carbocycles. The standard InChI is InChI=1S/C23H26N6O5/c1-3-33-20-13-18-19(14-21(20)34-4-2)24-15-25-22(18)27-9-11-28(12-10-27)23(30)26-16-5-7-17(8-6-16)29(31)32/h5-8,13-15H,3-4,9-12H2,1-2H3,(H,26,30). The average Bonchev–Trinajstić information content (AvgIpc) is 2.85. The Morgan fingerprint density at radius 2 is 1.68 bits per heavy atom. The number of nitrogens with zero attached hydrogens (tertiary/aromatic N) is 5. The Morgan fingerprint density at radius 1 is 1.03 bits per heavy atom. The minimum absolute atomic E-state index is 0.0236. The number of nitro groups is 1. The molecule has 2 heterocycles. The molecular formula is C23H26N6O5. The van der Waals surface area contributed by atoms with E-state index in [2.05, 4.69) is 20.2 Å². The van der Waals surface area contributed by atoms with Crippen LogP contribution in [0.5, 0.6) is 11.5 Å². The van der Waals surface area contributed by atoms with E-state index >= 15 is 0 Å². The topological polar surface area (TPSA) is 123 Å². The van der Waals surface area contributed by atoms with Gasteiger partial charge in [0.1, 0.15) is 12.1 Å². The highest BCUT2D eigenvalue weighted by Gasteiger charge is 2.24. The third kappa shape index (κ3) is 4.92. The summed E-state index contributed by atoms with van der Waals surface area (Å²) in [6, 6.07) is 9.29. The molecule has 178 valence electrons. The second-order valence-electron chi connectivity index (χ2n) is 7.59. The molecule has 0 bridgehead atoms. The van der Waals surface area contributed by atoms with Crippen LogP contribution in [0.2, 0.25) is 0 Å². The maximum absolute atomic E-state index is 12.7. The molecular weight excluding hydrogens is 440 g/mol. The van der Waals surface area contributed by atoms with Crippen LogP contribution in [0, 0.1) is 10.1 Å². The molecule has 34 heavy (non-hydrogen) atoms. The second-order valence-corrected chi connectivity index (χ2v) is 7.59. The van der Waals surface area contributed by atoms with Crippen molar-refractivity contribution in [3.63, 3.8) is 0 Å². The molecule has 11 heteroatoms. The quantitative estimate of drug-likeness (QED) is 0.413. The molecule has 11 nitrogen and oxygen atoms in total. The lowest BCUT2D eigenvalue weighted by Gasteiger charge is -2.35. The maximum atomic E-state index is 12.7. The number of fused-ring (bicyclic) bond motifs is 1. The van der Waals surface area contributed by atoms with E-state index in [0.717, 1.165) is 16.7 Å². The van der Waals surface area contributed by atoms with E-state index in [0.29, 0.717) is 56.6 Å². The fourth-order valence-electron chi connectivity index (χ4n) is 3.83. The van der Waals surface area contributed by atoms with Gasteiger partial charge in [0.25, 0.3) is 5.69 Å². The molecule has 2 aromatic carbocycles. The van der Waals surface area contributed by atoms with Gasteiger partial charge in [0.2, 0.25) is 0 Å². The first-order chi connectivity index (χ1) is 16.5. The monoisotopic (exact) mass is 466 g/mol. The van der Waals surface area contributed by atoms with Gasteiger partial charge in [-0.15, -0.1) is 0 Å². The summed E-state index contributed by atoms with van der Waals surface area (Å²) in [5.41, 5.74) is 1.24. The Morgan fingerprint density at radius 3 is 2.29 bits per heavy atom. The molecule has 1 aliphatic heterocycles. The molecule has 0 unspecified atom stereocenters. The van der Waals surface area contributed by atoms with Crippen LogP contribution in [-0.2, 0) is 0 Å². The van der Waals surface area contributed by atoms with E-state index in [1.807, 2.05) is 26.0 Å². The Hall–Kier alpha value is -4.15. The lowest BCUT2D eigenvalue weighted by atomic mass is 10.2. The number of nitrogens with one attached hydrogen (secondary N) is 1. The Bertz CT molecular complexity index is 1180. The van der Waals surface area contributed by atoms with E-state index in [1.165, 1.54) is 30.6 Å². The SMILES string of the molecule is CCOc1cc2ncnc(N3CCN(C(=O)Nc4ccc([N+](=O)[O-])cc4)CC3)c2cc1OCC. The fraction of sp³-hybridized carbons (Fsp3) is 0.348. The Balaban J connectivity index is 1.46. The zero-order chi connectivity index (χ0) is 24.1. The minimum atomic E-state index is -0.476. The number of anilines is 2. The number of hydrogen-bond donors (Lipinski definition) is 1. The first-order valence-electron chi connectivity index (χ1n) is 11.1. The number of rotatable bonds is 7. The van der Waals surface area contributed by atoms with E-state index in [4.69, 9.17) is 9.47 Å². The van der Waals surface area contributed by atoms with Crippen LogP contribution in [-0.4, -0.2) is 65.2 Å². The normalized spacial score (nSPS) is 13.6. The minimum Gasteiger partial charge on any atom is -0.490 e. The van der Waals surface area contributed by atoms with Gasteiger partial charge in [0.05, 0.1) is 23.7 Å².